The molecular weight excluding hydrogens is 332 g/mol. The van der Waals surface area contributed by atoms with Gasteiger partial charge in [0.1, 0.15) is 18.3 Å². The number of nitrogens with zero attached hydrogens (tertiary/aromatic N) is 4. The van der Waals surface area contributed by atoms with Gasteiger partial charge in [0.05, 0.1) is 39.1 Å². The summed E-state index contributed by atoms with van der Waals surface area (Å²) in [6.45, 7) is 2.77. The SMILES string of the molecule is O=c1[nH]cnc2c1nc(N1CC[NH2+]CC1)n2[C@H]1O[C@@H](CO)[C@@H](O)[C@@H]1O. The Morgan fingerprint density at radius 3 is 2.76 bits per heavy atom. The zero-order valence-electron chi connectivity index (χ0n) is 13.4. The predicted molar refractivity (Wildman–Crippen MR) is 85.0 cm³/mol. The van der Waals surface area contributed by atoms with Gasteiger partial charge in [0.15, 0.2) is 17.4 Å². The van der Waals surface area contributed by atoms with E-state index in [9.17, 15) is 20.1 Å². The fourth-order valence-corrected chi connectivity index (χ4v) is 3.41. The van der Waals surface area contributed by atoms with E-state index in [-0.39, 0.29) is 16.7 Å². The number of aliphatic hydroxyl groups is 3. The molecule has 0 unspecified atom stereocenters. The van der Waals surface area contributed by atoms with Crippen molar-refractivity contribution >= 4 is 17.1 Å². The number of quaternary nitrogens is 1. The lowest BCUT2D eigenvalue weighted by molar-refractivity contribution is -0.655. The van der Waals surface area contributed by atoms with Crippen LogP contribution in [0, 0.1) is 0 Å². The molecule has 11 nitrogen and oxygen atoms in total. The predicted octanol–water partition coefficient (Wildman–Crippen LogP) is -3.89. The highest BCUT2D eigenvalue weighted by Crippen LogP contribution is 2.34. The van der Waals surface area contributed by atoms with Crippen molar-refractivity contribution in [3.63, 3.8) is 0 Å². The third-order valence-electron chi connectivity index (χ3n) is 4.73. The van der Waals surface area contributed by atoms with Crippen LogP contribution in [0.1, 0.15) is 6.23 Å². The summed E-state index contributed by atoms with van der Waals surface area (Å²) < 4.78 is 7.19. The number of rotatable bonds is 3. The first-order valence-corrected chi connectivity index (χ1v) is 8.26. The van der Waals surface area contributed by atoms with E-state index in [4.69, 9.17) is 4.74 Å². The minimum atomic E-state index is -1.27. The normalized spacial score (nSPS) is 30.3. The lowest BCUT2D eigenvalue weighted by atomic mass is 10.1. The van der Waals surface area contributed by atoms with Gasteiger partial charge in [-0.1, -0.05) is 0 Å². The number of anilines is 1. The molecule has 2 fully saturated rings. The van der Waals surface area contributed by atoms with E-state index in [2.05, 4.69) is 20.3 Å². The van der Waals surface area contributed by atoms with Gasteiger partial charge in [0.25, 0.3) is 5.56 Å². The fourth-order valence-electron chi connectivity index (χ4n) is 3.41. The summed E-state index contributed by atoms with van der Waals surface area (Å²) in [5.41, 5.74) is 0.0215. The van der Waals surface area contributed by atoms with Crippen LogP contribution in [0.5, 0.6) is 0 Å². The number of piperazine rings is 1. The number of aromatic nitrogens is 4. The van der Waals surface area contributed by atoms with Crippen molar-refractivity contribution in [2.24, 2.45) is 0 Å². The van der Waals surface area contributed by atoms with E-state index >= 15 is 0 Å². The van der Waals surface area contributed by atoms with E-state index in [1.807, 2.05) is 4.90 Å². The highest BCUT2D eigenvalue weighted by molar-refractivity contribution is 5.73. The first kappa shape index (κ1) is 16.4. The Hall–Kier alpha value is -2.05. The molecule has 0 spiro atoms. The minimum Gasteiger partial charge on any atom is -0.394 e. The molecule has 4 heterocycles. The Kier molecular flexibility index (Phi) is 4.17. The van der Waals surface area contributed by atoms with Gasteiger partial charge in [-0.3, -0.25) is 9.36 Å². The van der Waals surface area contributed by atoms with Crippen LogP contribution >= 0.6 is 0 Å². The summed E-state index contributed by atoms with van der Waals surface area (Å²) in [7, 11) is 0. The molecule has 25 heavy (non-hydrogen) atoms. The fraction of sp³-hybridized carbons (Fsp3) is 0.643. The molecule has 0 aliphatic carbocycles. The van der Waals surface area contributed by atoms with Crippen LogP contribution in [0.4, 0.5) is 5.95 Å². The smallest absolute Gasteiger partial charge is 0.278 e. The van der Waals surface area contributed by atoms with Crippen LogP contribution in [-0.2, 0) is 4.74 Å². The second-order valence-electron chi connectivity index (χ2n) is 6.27. The molecule has 2 aliphatic rings. The summed E-state index contributed by atoms with van der Waals surface area (Å²) >= 11 is 0. The number of hydrogen-bond donors (Lipinski definition) is 5. The zero-order chi connectivity index (χ0) is 17.6. The number of hydrogen-bond acceptors (Lipinski definition) is 8. The molecular formula is C14H21N6O5+. The summed E-state index contributed by atoms with van der Waals surface area (Å²) in [4.78, 5) is 25.2. The van der Waals surface area contributed by atoms with Gasteiger partial charge in [0.2, 0.25) is 5.95 Å². The molecule has 4 rings (SSSR count). The highest BCUT2D eigenvalue weighted by atomic mass is 16.6. The molecule has 0 saturated carbocycles. The van der Waals surface area contributed by atoms with E-state index in [1.165, 1.54) is 6.33 Å². The van der Waals surface area contributed by atoms with Crippen molar-refractivity contribution in [3.05, 3.63) is 16.7 Å². The Balaban J connectivity index is 1.86. The maximum Gasteiger partial charge on any atom is 0.278 e. The Labute approximate surface area is 141 Å². The first-order valence-electron chi connectivity index (χ1n) is 8.26. The van der Waals surface area contributed by atoms with Crippen molar-refractivity contribution in [1.29, 1.82) is 0 Å². The van der Waals surface area contributed by atoms with Gasteiger partial charge >= 0.3 is 0 Å². The van der Waals surface area contributed by atoms with Crippen molar-refractivity contribution in [1.82, 2.24) is 19.5 Å². The van der Waals surface area contributed by atoms with Gasteiger partial charge in [-0.2, -0.15) is 0 Å². The van der Waals surface area contributed by atoms with Crippen molar-refractivity contribution in [2.45, 2.75) is 24.5 Å². The maximum atomic E-state index is 12.1. The van der Waals surface area contributed by atoms with Crippen LogP contribution in [0.25, 0.3) is 11.2 Å². The Morgan fingerprint density at radius 1 is 1.32 bits per heavy atom. The quantitative estimate of drug-likeness (QED) is 0.375. The monoisotopic (exact) mass is 353 g/mol. The van der Waals surface area contributed by atoms with E-state index in [1.54, 1.807) is 4.57 Å². The van der Waals surface area contributed by atoms with Crippen molar-refractivity contribution in [2.75, 3.05) is 37.7 Å². The molecule has 0 bridgehead atoms. The molecule has 4 atom stereocenters. The second-order valence-corrected chi connectivity index (χ2v) is 6.27. The van der Waals surface area contributed by atoms with Crippen LogP contribution < -0.4 is 15.8 Å². The van der Waals surface area contributed by atoms with Gasteiger partial charge in [0, 0.05) is 0 Å². The molecule has 11 heteroatoms. The molecule has 0 aromatic carbocycles. The average Bonchev–Trinajstić information content (AvgIpc) is 3.15. The molecule has 6 N–H and O–H groups in total. The lowest BCUT2D eigenvalue weighted by Gasteiger charge is -2.29. The highest BCUT2D eigenvalue weighted by Gasteiger charge is 2.45. The first-order chi connectivity index (χ1) is 12.1. The summed E-state index contributed by atoms with van der Waals surface area (Å²) in [5, 5.41) is 32.0. The molecule has 2 aromatic rings. The third-order valence-corrected chi connectivity index (χ3v) is 4.73. The van der Waals surface area contributed by atoms with Crippen molar-refractivity contribution < 1.29 is 25.4 Å². The standard InChI is InChI=1S/C14H20N6O5/c21-5-7-9(22)10(23)13(25-7)20-11-8(12(24)17-6-16-11)18-14(20)19-3-1-15-2-4-19/h6-7,9-10,13,15,21-23H,1-5H2,(H,16,17,24)/p+1/t7-,9+,10-,13-/m0/s1. The minimum absolute atomic E-state index is 0.143. The topological polar surface area (TPSA) is 153 Å². The summed E-state index contributed by atoms with van der Waals surface area (Å²) in [6, 6.07) is 0. The van der Waals surface area contributed by atoms with Gasteiger partial charge in [-0.25, -0.2) is 9.97 Å². The number of imidazole rings is 1. The largest absolute Gasteiger partial charge is 0.394 e. The number of ether oxygens (including phenoxy) is 1. The van der Waals surface area contributed by atoms with E-state index < -0.39 is 31.1 Å². The number of aliphatic hydroxyl groups excluding tert-OH is 3. The lowest BCUT2D eigenvalue weighted by Crippen LogP contribution is -2.89. The van der Waals surface area contributed by atoms with Gasteiger partial charge in [-0.15, -0.1) is 0 Å². The van der Waals surface area contributed by atoms with E-state index in [0.29, 0.717) is 5.95 Å². The Bertz CT molecular complexity index is 816. The number of H-pyrrole nitrogens is 1. The second kappa shape index (κ2) is 6.35. The third kappa shape index (κ3) is 2.60. The number of aromatic amines is 1. The average molecular weight is 353 g/mol. The van der Waals surface area contributed by atoms with E-state index in [0.717, 1.165) is 26.2 Å². The summed E-state index contributed by atoms with van der Waals surface area (Å²) in [5.74, 6) is 0.460. The van der Waals surface area contributed by atoms with Gasteiger partial charge < -0.3 is 35.3 Å². The van der Waals surface area contributed by atoms with Crippen LogP contribution in [0.2, 0.25) is 0 Å². The van der Waals surface area contributed by atoms with Gasteiger partial charge in [-0.05, 0) is 0 Å². The maximum absolute atomic E-state index is 12.1. The van der Waals surface area contributed by atoms with Crippen LogP contribution in [0.15, 0.2) is 11.1 Å². The molecule has 136 valence electrons. The molecule has 2 aromatic heterocycles. The molecule has 2 aliphatic heterocycles. The number of fused-ring (bicyclic) bond motifs is 1. The number of nitrogens with two attached hydrogens (primary N) is 1. The molecule has 2 saturated heterocycles. The summed E-state index contributed by atoms with van der Waals surface area (Å²) in [6.07, 6.45) is -3.16. The molecule has 0 radical (unpaired) electrons. The number of nitrogens with one attached hydrogen (secondary N) is 1. The van der Waals surface area contributed by atoms with Crippen molar-refractivity contribution in [3.8, 4) is 0 Å². The van der Waals surface area contributed by atoms with Crippen LogP contribution in [-0.4, -0.2) is 85.9 Å². The van der Waals surface area contributed by atoms with Crippen LogP contribution in [0.3, 0.4) is 0 Å². The molecule has 0 amide bonds. The Morgan fingerprint density at radius 2 is 2.08 bits per heavy atom. The zero-order valence-corrected chi connectivity index (χ0v) is 13.4.